The predicted octanol–water partition coefficient (Wildman–Crippen LogP) is 4.96. The van der Waals surface area contributed by atoms with E-state index in [1.54, 1.807) is 0 Å². The molecule has 0 N–H and O–H groups in total. The molecule has 0 saturated carbocycles. The quantitative estimate of drug-likeness (QED) is 0.672. The minimum absolute atomic E-state index is 0.211. The highest BCUT2D eigenvalue weighted by atomic mass is 15.3. The van der Waals surface area contributed by atoms with Crippen molar-refractivity contribution in [2.24, 2.45) is 16.7 Å². The van der Waals surface area contributed by atoms with Crippen molar-refractivity contribution in [2.75, 3.05) is 0 Å². The summed E-state index contributed by atoms with van der Waals surface area (Å²) in [7, 11) is 0. The van der Waals surface area contributed by atoms with Gasteiger partial charge in [0.15, 0.2) is 0 Å². The van der Waals surface area contributed by atoms with Crippen molar-refractivity contribution in [3.8, 4) is 0 Å². The lowest BCUT2D eigenvalue weighted by Crippen LogP contribution is -2.56. The summed E-state index contributed by atoms with van der Waals surface area (Å²) >= 11 is 0. The Hall–Kier alpha value is -0.0400. The minimum Gasteiger partial charge on any atom is -0.290 e. The Morgan fingerprint density at radius 1 is 0.667 bits per heavy atom. The second kappa shape index (κ2) is 3.98. The molecule has 0 bridgehead atoms. The fourth-order valence-corrected chi connectivity index (χ4v) is 5.37. The van der Waals surface area contributed by atoms with Gasteiger partial charge in [0.1, 0.15) is 0 Å². The molecule has 1 fully saturated rings. The van der Waals surface area contributed by atoms with Crippen molar-refractivity contribution in [2.45, 2.75) is 93.3 Å². The van der Waals surface area contributed by atoms with E-state index in [-0.39, 0.29) is 16.5 Å². The first-order valence-electron chi connectivity index (χ1n) is 7.55. The van der Waals surface area contributed by atoms with E-state index < -0.39 is 0 Å². The van der Waals surface area contributed by atoms with Gasteiger partial charge in [0.25, 0.3) is 0 Å². The van der Waals surface area contributed by atoms with E-state index in [2.05, 4.69) is 81.1 Å². The van der Waals surface area contributed by atoms with E-state index >= 15 is 0 Å². The second-order valence-electron chi connectivity index (χ2n) is 8.56. The molecule has 0 spiro atoms. The van der Waals surface area contributed by atoms with Crippen LogP contribution < -0.4 is 0 Å². The SMILES string of the molecule is CC(C)N1C(C)(C)C(C)(C)C(C)(C(C)C)C1(C)C. The van der Waals surface area contributed by atoms with Gasteiger partial charge in [0.05, 0.1) is 0 Å². The van der Waals surface area contributed by atoms with E-state index in [9.17, 15) is 0 Å². The standard InChI is InChI=1S/C17H35N/c1-12(2)17(11)14(5,6)15(7,8)18(13(3)4)16(17,9)10/h12-13H,1-11H3. The van der Waals surface area contributed by atoms with Crippen molar-refractivity contribution >= 4 is 0 Å². The van der Waals surface area contributed by atoms with Gasteiger partial charge < -0.3 is 0 Å². The summed E-state index contributed by atoms with van der Waals surface area (Å²) in [5.41, 5.74) is 1.00. The maximum Gasteiger partial charge on any atom is 0.0223 e. The number of likely N-dealkylation sites (tertiary alicyclic amines) is 1. The molecular formula is C17H35N. The summed E-state index contributed by atoms with van der Waals surface area (Å²) in [5.74, 6) is 0.672. The van der Waals surface area contributed by atoms with Crippen molar-refractivity contribution in [1.82, 2.24) is 4.90 Å². The lowest BCUT2D eigenvalue weighted by Gasteiger charge is -2.51. The molecule has 0 aromatic heterocycles. The maximum atomic E-state index is 2.75. The van der Waals surface area contributed by atoms with Gasteiger partial charge in [-0.3, -0.25) is 4.90 Å². The first-order valence-corrected chi connectivity index (χ1v) is 7.55. The lowest BCUT2D eigenvalue weighted by molar-refractivity contribution is -0.0105. The Kier molecular flexibility index (Phi) is 3.54. The molecule has 0 aromatic rings. The summed E-state index contributed by atoms with van der Waals surface area (Å²) in [6, 6.07) is 0.579. The zero-order chi connectivity index (χ0) is 14.7. The summed E-state index contributed by atoms with van der Waals surface area (Å²) < 4.78 is 0. The van der Waals surface area contributed by atoms with Crippen LogP contribution in [0.4, 0.5) is 0 Å². The summed E-state index contributed by atoms with van der Waals surface area (Å²) in [6.45, 7) is 26.7. The molecular weight excluding hydrogens is 218 g/mol. The number of rotatable bonds is 2. The third-order valence-corrected chi connectivity index (χ3v) is 6.97. The Labute approximate surface area is 115 Å². The molecule has 1 saturated heterocycles. The largest absolute Gasteiger partial charge is 0.290 e. The van der Waals surface area contributed by atoms with Gasteiger partial charge >= 0.3 is 0 Å². The van der Waals surface area contributed by atoms with E-state index in [4.69, 9.17) is 0 Å². The van der Waals surface area contributed by atoms with Gasteiger partial charge in [-0.2, -0.15) is 0 Å². The van der Waals surface area contributed by atoms with Gasteiger partial charge in [0.2, 0.25) is 0 Å². The first-order chi connectivity index (χ1) is 7.76. The van der Waals surface area contributed by atoms with Crippen molar-refractivity contribution in [1.29, 1.82) is 0 Å². The van der Waals surface area contributed by atoms with Crippen molar-refractivity contribution in [3.05, 3.63) is 0 Å². The average Bonchev–Trinajstić information content (AvgIpc) is 2.20. The lowest BCUT2D eigenvalue weighted by atomic mass is 9.52. The molecule has 1 unspecified atom stereocenters. The molecule has 1 heteroatoms. The Bertz CT molecular complexity index is 323. The van der Waals surface area contributed by atoms with Gasteiger partial charge in [-0.25, -0.2) is 0 Å². The molecule has 0 aliphatic carbocycles. The van der Waals surface area contributed by atoms with Crippen LogP contribution in [0, 0.1) is 16.7 Å². The van der Waals surface area contributed by atoms with Crippen molar-refractivity contribution < 1.29 is 0 Å². The van der Waals surface area contributed by atoms with E-state index in [0.29, 0.717) is 17.4 Å². The van der Waals surface area contributed by atoms with Crippen LogP contribution in [0.25, 0.3) is 0 Å². The molecule has 1 atom stereocenters. The Balaban J connectivity index is 3.58. The topological polar surface area (TPSA) is 3.24 Å². The maximum absolute atomic E-state index is 2.75. The average molecular weight is 253 g/mol. The molecule has 18 heavy (non-hydrogen) atoms. The fourth-order valence-electron chi connectivity index (χ4n) is 5.37. The van der Waals surface area contributed by atoms with E-state index in [0.717, 1.165) is 0 Å². The molecule has 1 heterocycles. The zero-order valence-corrected chi connectivity index (χ0v) is 14.6. The summed E-state index contributed by atoms with van der Waals surface area (Å²) in [5, 5.41) is 0. The van der Waals surface area contributed by atoms with Crippen LogP contribution in [0.15, 0.2) is 0 Å². The van der Waals surface area contributed by atoms with E-state index in [1.807, 2.05) is 0 Å². The normalized spacial score (nSPS) is 34.5. The van der Waals surface area contributed by atoms with Crippen LogP contribution in [-0.4, -0.2) is 22.0 Å². The van der Waals surface area contributed by atoms with Crippen LogP contribution >= 0.6 is 0 Å². The summed E-state index contributed by atoms with van der Waals surface area (Å²) in [4.78, 5) is 2.75. The van der Waals surface area contributed by atoms with Gasteiger partial charge in [0, 0.05) is 17.1 Å². The Morgan fingerprint density at radius 2 is 1.06 bits per heavy atom. The highest BCUT2D eigenvalue weighted by Crippen LogP contribution is 2.67. The van der Waals surface area contributed by atoms with Gasteiger partial charge in [-0.1, -0.05) is 34.6 Å². The zero-order valence-electron chi connectivity index (χ0n) is 14.6. The molecule has 0 aromatic carbocycles. The predicted molar refractivity (Wildman–Crippen MR) is 81.9 cm³/mol. The van der Waals surface area contributed by atoms with Crippen LogP contribution in [0.3, 0.4) is 0 Å². The third-order valence-electron chi connectivity index (χ3n) is 6.97. The van der Waals surface area contributed by atoms with Crippen LogP contribution in [0.5, 0.6) is 0 Å². The highest BCUT2D eigenvalue weighted by Gasteiger charge is 2.69. The molecule has 1 rings (SSSR count). The second-order valence-corrected chi connectivity index (χ2v) is 8.56. The molecule has 1 nitrogen and oxygen atoms in total. The van der Waals surface area contributed by atoms with Gasteiger partial charge in [-0.15, -0.1) is 0 Å². The van der Waals surface area contributed by atoms with Gasteiger partial charge in [-0.05, 0) is 58.3 Å². The van der Waals surface area contributed by atoms with Crippen LogP contribution in [-0.2, 0) is 0 Å². The molecule has 0 amide bonds. The molecule has 1 aliphatic heterocycles. The smallest absolute Gasteiger partial charge is 0.0223 e. The first kappa shape index (κ1) is 16.0. The van der Waals surface area contributed by atoms with Crippen LogP contribution in [0.2, 0.25) is 0 Å². The van der Waals surface area contributed by atoms with E-state index in [1.165, 1.54) is 0 Å². The minimum atomic E-state index is 0.211. The highest BCUT2D eigenvalue weighted by molar-refractivity contribution is 5.22. The molecule has 1 aliphatic rings. The summed E-state index contributed by atoms with van der Waals surface area (Å²) in [6.07, 6.45) is 0. The molecule has 108 valence electrons. The van der Waals surface area contributed by atoms with Crippen LogP contribution in [0.1, 0.15) is 76.2 Å². The molecule has 0 radical (unpaired) electrons. The number of hydrogen-bond acceptors (Lipinski definition) is 1. The van der Waals surface area contributed by atoms with Crippen molar-refractivity contribution in [3.63, 3.8) is 0 Å². The number of nitrogens with zero attached hydrogens (tertiary/aromatic N) is 1. The third kappa shape index (κ3) is 1.49. The Morgan fingerprint density at radius 3 is 1.22 bits per heavy atom. The number of hydrogen-bond donors (Lipinski definition) is 0. The fraction of sp³-hybridized carbons (Fsp3) is 1.00. The monoisotopic (exact) mass is 253 g/mol.